The van der Waals surface area contributed by atoms with Gasteiger partial charge in [-0.25, -0.2) is 8.42 Å². The molecule has 1 aromatic carbocycles. The summed E-state index contributed by atoms with van der Waals surface area (Å²) in [5.41, 5.74) is 1.10. The lowest BCUT2D eigenvalue weighted by molar-refractivity contribution is -0.123. The molecule has 1 atom stereocenters. The predicted molar refractivity (Wildman–Crippen MR) is 78.2 cm³/mol. The lowest BCUT2D eigenvalue weighted by atomic mass is 10.1. The molecule has 1 aromatic rings. The Morgan fingerprint density at radius 2 is 2.16 bits per heavy atom. The number of aliphatic hydroxyl groups excluding tert-OH is 1. The molecule has 0 bridgehead atoms. The average Bonchev–Trinajstić information content (AvgIpc) is 2.54. The summed E-state index contributed by atoms with van der Waals surface area (Å²) in [5, 5.41) is 12.2. The van der Waals surface area contributed by atoms with Crippen LogP contribution < -0.4 is 5.32 Å². The Bertz CT molecular complexity index is 630. The van der Waals surface area contributed by atoms with Gasteiger partial charge < -0.3 is 10.4 Å². The van der Waals surface area contributed by atoms with Crippen LogP contribution in [0.3, 0.4) is 0 Å². The molecular formula is C11H12BrNO4S2. The van der Waals surface area contributed by atoms with E-state index in [1.165, 1.54) is 18.0 Å². The minimum Gasteiger partial charge on any atom is -0.378 e. The third-order valence-electron chi connectivity index (χ3n) is 2.62. The number of nitrogens with one attached hydrogen (secondary N) is 1. The van der Waals surface area contributed by atoms with Crippen LogP contribution in [0.4, 0.5) is 5.69 Å². The summed E-state index contributed by atoms with van der Waals surface area (Å²) in [6, 6.07) is 3.42. The number of thioether (sulfide) groups is 1. The SMILES string of the molecule is CS(=O)(=O)CCSc1cc2c(cc1Br)C(O)C(=O)N2. The van der Waals surface area contributed by atoms with E-state index < -0.39 is 21.8 Å². The van der Waals surface area contributed by atoms with Gasteiger partial charge in [-0.3, -0.25) is 4.79 Å². The maximum Gasteiger partial charge on any atom is 0.257 e. The molecule has 5 nitrogen and oxygen atoms in total. The highest BCUT2D eigenvalue weighted by molar-refractivity contribution is 9.10. The number of fused-ring (bicyclic) bond motifs is 1. The molecule has 0 radical (unpaired) electrons. The number of carbonyl (C=O) groups is 1. The molecule has 0 spiro atoms. The monoisotopic (exact) mass is 365 g/mol. The van der Waals surface area contributed by atoms with Crippen LogP contribution >= 0.6 is 27.7 Å². The highest BCUT2D eigenvalue weighted by Crippen LogP contribution is 2.38. The number of aliphatic hydroxyl groups is 1. The van der Waals surface area contributed by atoms with E-state index >= 15 is 0 Å². The molecule has 1 aliphatic rings. The fraction of sp³-hybridized carbons (Fsp3) is 0.364. The van der Waals surface area contributed by atoms with Crippen molar-refractivity contribution in [2.75, 3.05) is 23.1 Å². The molecule has 1 heterocycles. The zero-order valence-electron chi connectivity index (χ0n) is 10.0. The topological polar surface area (TPSA) is 83.5 Å². The van der Waals surface area contributed by atoms with Crippen molar-refractivity contribution in [1.82, 2.24) is 0 Å². The number of carbonyl (C=O) groups excluding carboxylic acids is 1. The van der Waals surface area contributed by atoms with Crippen LogP contribution in [0.25, 0.3) is 0 Å². The van der Waals surface area contributed by atoms with Crippen LogP contribution in [0.5, 0.6) is 0 Å². The van der Waals surface area contributed by atoms with E-state index in [1.807, 2.05) is 0 Å². The van der Waals surface area contributed by atoms with E-state index in [2.05, 4.69) is 21.2 Å². The third-order valence-corrected chi connectivity index (χ3v) is 5.80. The molecule has 8 heteroatoms. The Kier molecular flexibility index (Phi) is 4.24. The van der Waals surface area contributed by atoms with Gasteiger partial charge in [0.1, 0.15) is 9.84 Å². The van der Waals surface area contributed by atoms with E-state index in [0.29, 0.717) is 17.0 Å². The van der Waals surface area contributed by atoms with Gasteiger partial charge in [0.25, 0.3) is 5.91 Å². The molecule has 104 valence electrons. The van der Waals surface area contributed by atoms with Gasteiger partial charge >= 0.3 is 0 Å². The van der Waals surface area contributed by atoms with Crippen LogP contribution in [0.1, 0.15) is 11.7 Å². The maximum atomic E-state index is 11.3. The molecule has 2 N–H and O–H groups in total. The second-order valence-corrected chi connectivity index (χ2v) is 8.49. The zero-order valence-corrected chi connectivity index (χ0v) is 13.2. The Labute approximate surface area is 123 Å². The Morgan fingerprint density at radius 1 is 1.47 bits per heavy atom. The molecule has 0 aromatic heterocycles. The molecule has 0 saturated heterocycles. The van der Waals surface area contributed by atoms with E-state index in [1.54, 1.807) is 12.1 Å². The standard InChI is InChI=1S/C11H12BrNO4S2/c1-19(16,17)3-2-18-9-5-8-6(4-7(9)12)10(14)11(15)13-8/h4-5,10,14H,2-3H2,1H3,(H,13,15). The highest BCUT2D eigenvalue weighted by atomic mass is 79.9. The van der Waals surface area contributed by atoms with Gasteiger partial charge in [-0.1, -0.05) is 0 Å². The summed E-state index contributed by atoms with van der Waals surface area (Å²) < 4.78 is 22.9. The molecule has 0 saturated carbocycles. The highest BCUT2D eigenvalue weighted by Gasteiger charge is 2.29. The first-order chi connectivity index (χ1) is 8.78. The lowest BCUT2D eigenvalue weighted by Crippen LogP contribution is -2.10. The minimum absolute atomic E-state index is 0.0934. The first-order valence-electron chi connectivity index (χ1n) is 5.41. The van der Waals surface area contributed by atoms with Crippen molar-refractivity contribution in [2.24, 2.45) is 0 Å². The Morgan fingerprint density at radius 3 is 2.79 bits per heavy atom. The number of hydrogen-bond acceptors (Lipinski definition) is 5. The van der Waals surface area contributed by atoms with Gasteiger partial charge in [0, 0.05) is 32.6 Å². The molecular weight excluding hydrogens is 354 g/mol. The quantitative estimate of drug-likeness (QED) is 0.791. The van der Waals surface area contributed by atoms with Crippen molar-refractivity contribution in [2.45, 2.75) is 11.0 Å². The van der Waals surface area contributed by atoms with Gasteiger partial charge in [0.2, 0.25) is 0 Å². The van der Waals surface area contributed by atoms with Crippen LogP contribution in [0.15, 0.2) is 21.5 Å². The lowest BCUT2D eigenvalue weighted by Gasteiger charge is -2.08. The van der Waals surface area contributed by atoms with Gasteiger partial charge in [-0.15, -0.1) is 11.8 Å². The van der Waals surface area contributed by atoms with E-state index in [9.17, 15) is 18.3 Å². The van der Waals surface area contributed by atoms with Crippen LogP contribution in [0, 0.1) is 0 Å². The normalized spacial score (nSPS) is 18.3. The number of amides is 1. The number of anilines is 1. The van der Waals surface area contributed by atoms with Crippen molar-refractivity contribution < 1.29 is 18.3 Å². The number of hydrogen-bond donors (Lipinski definition) is 2. The Balaban J connectivity index is 2.16. The van der Waals surface area contributed by atoms with Crippen molar-refractivity contribution in [3.8, 4) is 0 Å². The second-order valence-electron chi connectivity index (χ2n) is 4.24. The first kappa shape index (κ1) is 14.8. The summed E-state index contributed by atoms with van der Waals surface area (Å²) in [5.74, 6) is 0.0864. The molecule has 0 aliphatic carbocycles. The van der Waals surface area contributed by atoms with E-state index in [4.69, 9.17) is 0 Å². The summed E-state index contributed by atoms with van der Waals surface area (Å²) in [7, 11) is -2.98. The second kappa shape index (κ2) is 5.43. The zero-order chi connectivity index (χ0) is 14.2. The summed E-state index contributed by atoms with van der Waals surface area (Å²) >= 11 is 4.74. The smallest absolute Gasteiger partial charge is 0.257 e. The van der Waals surface area contributed by atoms with Crippen LogP contribution in [0.2, 0.25) is 0 Å². The molecule has 1 aliphatic heterocycles. The fourth-order valence-electron chi connectivity index (χ4n) is 1.66. The third kappa shape index (κ3) is 3.50. The van der Waals surface area contributed by atoms with Crippen molar-refractivity contribution in [3.05, 3.63) is 22.2 Å². The number of benzene rings is 1. The molecule has 0 fully saturated rings. The van der Waals surface area contributed by atoms with Gasteiger partial charge in [-0.05, 0) is 28.1 Å². The van der Waals surface area contributed by atoms with E-state index in [-0.39, 0.29) is 5.75 Å². The van der Waals surface area contributed by atoms with E-state index in [0.717, 1.165) is 9.37 Å². The predicted octanol–water partition coefficient (Wildman–Crippen LogP) is 1.57. The summed E-state index contributed by atoms with van der Waals surface area (Å²) in [6.07, 6.45) is 0.0587. The van der Waals surface area contributed by atoms with Gasteiger partial charge in [-0.2, -0.15) is 0 Å². The summed E-state index contributed by atoms with van der Waals surface area (Å²) in [6.45, 7) is 0. The van der Waals surface area contributed by atoms with Gasteiger partial charge in [0.15, 0.2) is 6.10 Å². The fourth-order valence-corrected chi connectivity index (χ4v) is 4.53. The van der Waals surface area contributed by atoms with Crippen molar-refractivity contribution in [1.29, 1.82) is 0 Å². The molecule has 1 unspecified atom stereocenters. The minimum atomic E-state index is -2.98. The number of sulfone groups is 1. The van der Waals surface area contributed by atoms with Crippen molar-refractivity contribution in [3.63, 3.8) is 0 Å². The maximum absolute atomic E-state index is 11.3. The molecule has 1 amide bonds. The molecule has 19 heavy (non-hydrogen) atoms. The van der Waals surface area contributed by atoms with Gasteiger partial charge in [0.05, 0.1) is 5.75 Å². The first-order valence-corrected chi connectivity index (χ1v) is 9.25. The van der Waals surface area contributed by atoms with Crippen LogP contribution in [-0.4, -0.2) is 37.2 Å². The number of rotatable bonds is 4. The molecule has 2 rings (SSSR count). The van der Waals surface area contributed by atoms with Crippen molar-refractivity contribution >= 4 is 49.1 Å². The largest absolute Gasteiger partial charge is 0.378 e. The summed E-state index contributed by atoms with van der Waals surface area (Å²) in [4.78, 5) is 12.2. The van der Waals surface area contributed by atoms with Crippen LogP contribution in [-0.2, 0) is 14.6 Å². The number of halogens is 1. The Hall–Kier alpha value is -0.570. The average molecular weight is 366 g/mol.